The van der Waals surface area contributed by atoms with E-state index in [0.29, 0.717) is 19.0 Å². The first-order valence-electron chi connectivity index (χ1n) is 9.53. The van der Waals surface area contributed by atoms with E-state index in [0.717, 1.165) is 37.0 Å². The van der Waals surface area contributed by atoms with Gasteiger partial charge < -0.3 is 20.4 Å². The van der Waals surface area contributed by atoms with E-state index < -0.39 is 11.6 Å². The zero-order valence-corrected chi connectivity index (χ0v) is 19.1. The Morgan fingerprint density at radius 3 is 2.40 bits per heavy atom. The number of benzene rings is 2. The van der Waals surface area contributed by atoms with Crippen LogP contribution in [0, 0.1) is 11.6 Å². The highest BCUT2D eigenvalue weighted by atomic mass is 127. The fourth-order valence-corrected chi connectivity index (χ4v) is 3.20. The van der Waals surface area contributed by atoms with Crippen molar-refractivity contribution < 1.29 is 13.6 Å². The molecule has 0 unspecified atom stereocenters. The van der Waals surface area contributed by atoms with Gasteiger partial charge >= 0.3 is 0 Å². The number of nitrogens with one attached hydrogen (secondary N) is 2. The molecule has 30 heavy (non-hydrogen) atoms. The van der Waals surface area contributed by atoms with E-state index in [2.05, 4.69) is 32.7 Å². The number of anilines is 1. The standard InChI is InChI=1S/C21H25F2N5O.HI/c1-24-21(25-14-16-13-17(22)7-8-19(16)23)26-15-20(29)28-11-9-27(10-12-28)18-5-3-2-4-6-18;/h2-8,13H,9-12,14-15H2,1H3,(H2,24,25,26);1H. The van der Waals surface area contributed by atoms with Crippen LogP contribution in [-0.4, -0.2) is 56.5 Å². The molecule has 3 rings (SSSR count). The molecule has 1 aliphatic heterocycles. The number of hydrogen-bond acceptors (Lipinski definition) is 3. The smallest absolute Gasteiger partial charge is 0.242 e. The number of nitrogens with zero attached hydrogens (tertiary/aromatic N) is 3. The highest BCUT2D eigenvalue weighted by Crippen LogP contribution is 2.15. The minimum Gasteiger partial charge on any atom is -0.368 e. The minimum atomic E-state index is -0.504. The summed E-state index contributed by atoms with van der Waals surface area (Å²) < 4.78 is 27.0. The summed E-state index contributed by atoms with van der Waals surface area (Å²) >= 11 is 0. The van der Waals surface area contributed by atoms with Crippen LogP contribution in [0.3, 0.4) is 0 Å². The predicted octanol–water partition coefficient (Wildman–Crippen LogP) is 2.60. The molecule has 2 aromatic carbocycles. The quantitative estimate of drug-likeness (QED) is 0.356. The van der Waals surface area contributed by atoms with Gasteiger partial charge in [-0.2, -0.15) is 0 Å². The van der Waals surface area contributed by atoms with Crippen LogP contribution in [-0.2, 0) is 11.3 Å². The van der Waals surface area contributed by atoms with Crippen molar-refractivity contribution >= 4 is 41.5 Å². The number of guanidine groups is 1. The minimum absolute atomic E-state index is 0. The summed E-state index contributed by atoms with van der Waals surface area (Å²) in [5, 5.41) is 5.83. The topological polar surface area (TPSA) is 60.0 Å². The number of rotatable bonds is 5. The van der Waals surface area contributed by atoms with Crippen LogP contribution in [0.2, 0.25) is 0 Å². The Bertz CT molecular complexity index is 858. The van der Waals surface area contributed by atoms with E-state index in [1.165, 1.54) is 0 Å². The Balaban J connectivity index is 0.00000320. The van der Waals surface area contributed by atoms with Gasteiger partial charge in [0.25, 0.3) is 0 Å². The maximum atomic E-state index is 13.7. The molecule has 0 radical (unpaired) electrons. The third kappa shape index (κ3) is 6.54. The van der Waals surface area contributed by atoms with Crippen LogP contribution in [0.15, 0.2) is 53.5 Å². The zero-order valence-electron chi connectivity index (χ0n) is 16.8. The number of para-hydroxylation sites is 1. The third-order valence-corrected chi connectivity index (χ3v) is 4.84. The van der Waals surface area contributed by atoms with E-state index in [4.69, 9.17) is 0 Å². The van der Waals surface area contributed by atoms with Crippen LogP contribution in [0.4, 0.5) is 14.5 Å². The average Bonchev–Trinajstić information content (AvgIpc) is 2.76. The van der Waals surface area contributed by atoms with Crippen molar-refractivity contribution in [2.75, 3.05) is 44.7 Å². The summed E-state index contributed by atoms with van der Waals surface area (Å²) in [6.07, 6.45) is 0. The van der Waals surface area contributed by atoms with Gasteiger partial charge in [0.15, 0.2) is 5.96 Å². The van der Waals surface area contributed by atoms with Gasteiger partial charge in [-0.05, 0) is 30.3 Å². The average molecular weight is 529 g/mol. The molecular weight excluding hydrogens is 503 g/mol. The molecule has 0 bridgehead atoms. The summed E-state index contributed by atoms with van der Waals surface area (Å²) in [4.78, 5) is 20.6. The maximum absolute atomic E-state index is 13.7. The Labute approximate surface area is 192 Å². The van der Waals surface area contributed by atoms with Crippen LogP contribution in [0.1, 0.15) is 5.56 Å². The second-order valence-electron chi connectivity index (χ2n) is 6.72. The fraction of sp³-hybridized carbons (Fsp3) is 0.333. The number of carbonyl (C=O) groups excluding carboxylic acids is 1. The molecule has 0 aliphatic carbocycles. The SMILES string of the molecule is CN=C(NCC(=O)N1CCN(c2ccccc2)CC1)NCc1cc(F)ccc1F.I. The predicted molar refractivity (Wildman–Crippen MR) is 125 cm³/mol. The third-order valence-electron chi connectivity index (χ3n) is 4.84. The number of amides is 1. The molecule has 1 fully saturated rings. The first kappa shape index (κ1) is 23.8. The Morgan fingerprint density at radius 1 is 1.03 bits per heavy atom. The second kappa shape index (κ2) is 11.7. The normalized spacial score (nSPS) is 14.2. The molecule has 0 atom stereocenters. The lowest BCUT2D eigenvalue weighted by Crippen LogP contribution is -2.52. The molecule has 6 nitrogen and oxygen atoms in total. The van der Waals surface area contributed by atoms with Gasteiger partial charge in [0.2, 0.25) is 5.91 Å². The van der Waals surface area contributed by atoms with Gasteiger partial charge in [-0.3, -0.25) is 9.79 Å². The van der Waals surface area contributed by atoms with E-state index in [1.54, 1.807) is 7.05 Å². The molecule has 0 aromatic heterocycles. The van der Waals surface area contributed by atoms with Crippen molar-refractivity contribution in [1.29, 1.82) is 0 Å². The monoisotopic (exact) mass is 529 g/mol. The van der Waals surface area contributed by atoms with Crippen LogP contribution >= 0.6 is 24.0 Å². The summed E-state index contributed by atoms with van der Waals surface area (Å²) in [7, 11) is 1.56. The molecule has 162 valence electrons. The largest absolute Gasteiger partial charge is 0.368 e. The molecule has 0 spiro atoms. The van der Waals surface area contributed by atoms with Crippen LogP contribution < -0.4 is 15.5 Å². The number of halogens is 3. The Kier molecular flexibility index (Phi) is 9.28. The van der Waals surface area contributed by atoms with E-state index in [-0.39, 0.29) is 48.5 Å². The molecule has 1 amide bonds. The fourth-order valence-electron chi connectivity index (χ4n) is 3.20. The molecule has 1 heterocycles. The number of hydrogen-bond donors (Lipinski definition) is 2. The van der Waals surface area contributed by atoms with Gasteiger partial charge in [0.05, 0.1) is 6.54 Å². The molecule has 1 saturated heterocycles. The highest BCUT2D eigenvalue weighted by Gasteiger charge is 2.21. The molecule has 2 aromatic rings. The lowest BCUT2D eigenvalue weighted by molar-refractivity contribution is -0.130. The molecule has 9 heteroatoms. The molecule has 1 aliphatic rings. The van der Waals surface area contributed by atoms with Crippen molar-refractivity contribution in [2.24, 2.45) is 4.99 Å². The van der Waals surface area contributed by atoms with Gasteiger partial charge in [0.1, 0.15) is 11.6 Å². The summed E-state index contributed by atoms with van der Waals surface area (Å²) in [6.45, 7) is 3.00. The first-order chi connectivity index (χ1) is 14.1. The summed E-state index contributed by atoms with van der Waals surface area (Å²) in [5.41, 5.74) is 1.35. The molecular formula is C21H26F2IN5O. The number of piperazine rings is 1. The van der Waals surface area contributed by atoms with E-state index in [9.17, 15) is 13.6 Å². The maximum Gasteiger partial charge on any atom is 0.242 e. The van der Waals surface area contributed by atoms with Gasteiger partial charge in [-0.15, -0.1) is 24.0 Å². The van der Waals surface area contributed by atoms with Crippen molar-refractivity contribution in [3.05, 3.63) is 65.7 Å². The second-order valence-corrected chi connectivity index (χ2v) is 6.72. The van der Waals surface area contributed by atoms with Crippen molar-refractivity contribution in [3.63, 3.8) is 0 Å². The van der Waals surface area contributed by atoms with Gasteiger partial charge in [-0.1, -0.05) is 18.2 Å². The number of aliphatic imine (C=N–C) groups is 1. The molecule has 2 N–H and O–H groups in total. The highest BCUT2D eigenvalue weighted by molar-refractivity contribution is 14.0. The number of carbonyl (C=O) groups is 1. The summed E-state index contributed by atoms with van der Waals surface area (Å²) in [5.74, 6) is -0.680. The van der Waals surface area contributed by atoms with Crippen molar-refractivity contribution in [1.82, 2.24) is 15.5 Å². The lowest BCUT2D eigenvalue weighted by Gasteiger charge is -2.36. The summed E-state index contributed by atoms with van der Waals surface area (Å²) in [6, 6.07) is 13.4. The van der Waals surface area contributed by atoms with Gasteiger partial charge in [-0.25, -0.2) is 8.78 Å². The Hall–Kier alpha value is -2.43. The van der Waals surface area contributed by atoms with E-state index >= 15 is 0 Å². The zero-order chi connectivity index (χ0) is 20.6. The lowest BCUT2D eigenvalue weighted by atomic mass is 10.2. The van der Waals surface area contributed by atoms with Gasteiger partial charge in [0, 0.05) is 51.0 Å². The first-order valence-corrected chi connectivity index (χ1v) is 9.53. The molecule has 0 saturated carbocycles. The van der Waals surface area contributed by atoms with Crippen molar-refractivity contribution in [2.45, 2.75) is 6.54 Å². The van der Waals surface area contributed by atoms with Crippen LogP contribution in [0.25, 0.3) is 0 Å². The Morgan fingerprint density at radius 2 is 1.73 bits per heavy atom. The van der Waals surface area contributed by atoms with Crippen molar-refractivity contribution in [3.8, 4) is 0 Å². The van der Waals surface area contributed by atoms with E-state index in [1.807, 2.05) is 23.1 Å². The van der Waals surface area contributed by atoms with Crippen LogP contribution in [0.5, 0.6) is 0 Å².